The SMILES string of the molecule is C[C@H](CCC(=O)NCCC[N+](C)(C)CCCS(=O)(=O)O)[C@H]1CCC2C3C(O)C[C@@H]4C[C@@](O)(C(N)=O)CC[C@]4(C)C3C[C@H](O)[C@@]21C. The van der Waals surface area contributed by atoms with Gasteiger partial charge in [0.25, 0.3) is 10.1 Å². The monoisotopic (exact) mass is 658 g/mol. The van der Waals surface area contributed by atoms with Gasteiger partial charge in [-0.3, -0.25) is 14.1 Å². The van der Waals surface area contributed by atoms with E-state index in [1.54, 1.807) is 0 Å². The number of nitrogens with two attached hydrogens (primary N) is 1. The zero-order chi connectivity index (χ0) is 33.6. The Morgan fingerprint density at radius 3 is 2.36 bits per heavy atom. The van der Waals surface area contributed by atoms with Crippen molar-refractivity contribution in [1.82, 2.24) is 5.32 Å². The molecule has 12 heteroatoms. The first-order valence-corrected chi connectivity index (χ1v) is 18.8. The molecule has 4 unspecified atom stereocenters. The first kappa shape index (κ1) is 36.5. The van der Waals surface area contributed by atoms with Crippen LogP contribution >= 0.6 is 0 Å². The average Bonchev–Trinajstić information content (AvgIpc) is 3.29. The minimum absolute atomic E-state index is 0.0115. The molecule has 0 radical (unpaired) electrons. The number of quaternary nitrogens is 1. The summed E-state index contributed by atoms with van der Waals surface area (Å²) >= 11 is 0. The quantitative estimate of drug-likeness (QED) is 0.0986. The molecule has 4 saturated carbocycles. The molecule has 0 spiro atoms. The molecule has 0 aromatic rings. The van der Waals surface area contributed by atoms with Crippen LogP contribution in [0.25, 0.3) is 0 Å². The Balaban J connectivity index is 1.30. The van der Waals surface area contributed by atoms with Crippen LogP contribution in [0.1, 0.15) is 91.4 Å². The average molecular weight is 659 g/mol. The Hall–Kier alpha value is -1.31. The topological polar surface area (TPSA) is 187 Å². The summed E-state index contributed by atoms with van der Waals surface area (Å²) in [5, 5.41) is 37.3. The molecule has 4 fully saturated rings. The molecule has 2 amide bonds. The van der Waals surface area contributed by atoms with Gasteiger partial charge in [-0.2, -0.15) is 8.42 Å². The van der Waals surface area contributed by atoms with Crippen molar-refractivity contribution in [2.24, 2.45) is 52.1 Å². The molecule has 0 aliphatic heterocycles. The number of hydrogen-bond donors (Lipinski definition) is 6. The summed E-state index contributed by atoms with van der Waals surface area (Å²) < 4.78 is 31.5. The number of aliphatic hydroxyl groups excluding tert-OH is 2. The zero-order valence-corrected chi connectivity index (χ0v) is 28.9. The molecule has 0 aromatic heterocycles. The summed E-state index contributed by atoms with van der Waals surface area (Å²) in [5.41, 5.74) is 3.51. The molecule has 4 rings (SSSR count). The predicted molar refractivity (Wildman–Crippen MR) is 171 cm³/mol. The third-order valence-corrected chi connectivity index (χ3v) is 14.1. The molecule has 0 aromatic carbocycles. The number of primary amides is 1. The van der Waals surface area contributed by atoms with Crippen molar-refractivity contribution in [1.29, 1.82) is 0 Å². The second-order valence-corrected chi connectivity index (χ2v) is 18.0. The van der Waals surface area contributed by atoms with E-state index in [1.807, 2.05) is 14.1 Å². The third-order valence-electron chi connectivity index (χ3n) is 13.3. The second-order valence-electron chi connectivity index (χ2n) is 16.4. The maximum absolute atomic E-state index is 12.7. The molecular formula is C33H60N3O8S+. The molecule has 0 heterocycles. The number of aliphatic hydroxyl groups is 3. The van der Waals surface area contributed by atoms with E-state index in [9.17, 15) is 33.3 Å². The minimum atomic E-state index is -3.95. The van der Waals surface area contributed by atoms with Gasteiger partial charge in [0, 0.05) is 25.8 Å². The molecule has 11 nitrogen and oxygen atoms in total. The van der Waals surface area contributed by atoms with Crippen LogP contribution in [-0.2, 0) is 19.7 Å². The molecular weight excluding hydrogens is 598 g/mol. The van der Waals surface area contributed by atoms with Crippen molar-refractivity contribution in [3.8, 4) is 0 Å². The number of fused-ring (bicyclic) bond motifs is 5. The molecule has 7 N–H and O–H groups in total. The van der Waals surface area contributed by atoms with Gasteiger partial charge in [0.1, 0.15) is 5.60 Å². The zero-order valence-electron chi connectivity index (χ0n) is 28.1. The van der Waals surface area contributed by atoms with Crippen molar-refractivity contribution in [2.45, 2.75) is 109 Å². The van der Waals surface area contributed by atoms with Gasteiger partial charge in [-0.05, 0) is 97.7 Å². The first-order valence-electron chi connectivity index (χ1n) is 17.2. The van der Waals surface area contributed by atoms with E-state index in [-0.39, 0.29) is 64.4 Å². The summed E-state index contributed by atoms with van der Waals surface area (Å²) in [5.74, 6) is -0.107. The van der Waals surface area contributed by atoms with Crippen LogP contribution in [0.3, 0.4) is 0 Å². The highest BCUT2D eigenvalue weighted by Crippen LogP contribution is 2.68. The number of nitrogens with one attached hydrogen (secondary N) is 1. The lowest BCUT2D eigenvalue weighted by Gasteiger charge is -2.64. The first-order chi connectivity index (χ1) is 20.7. The lowest BCUT2D eigenvalue weighted by atomic mass is 9.42. The lowest BCUT2D eigenvalue weighted by molar-refractivity contribution is -0.890. The Kier molecular flexibility index (Phi) is 10.8. The van der Waals surface area contributed by atoms with Crippen molar-refractivity contribution >= 4 is 21.9 Å². The maximum Gasteiger partial charge on any atom is 0.265 e. The van der Waals surface area contributed by atoms with E-state index in [1.165, 1.54) is 0 Å². The number of carbonyl (C=O) groups excluding carboxylic acids is 2. The molecule has 4 aliphatic carbocycles. The predicted octanol–water partition coefficient (Wildman–Crippen LogP) is 2.08. The van der Waals surface area contributed by atoms with Crippen molar-refractivity contribution in [2.75, 3.05) is 39.5 Å². The van der Waals surface area contributed by atoms with Crippen LogP contribution in [0.2, 0.25) is 0 Å². The highest BCUT2D eigenvalue weighted by atomic mass is 32.2. The fourth-order valence-corrected chi connectivity index (χ4v) is 11.0. The highest BCUT2D eigenvalue weighted by Gasteiger charge is 2.66. The van der Waals surface area contributed by atoms with Gasteiger partial charge < -0.3 is 30.9 Å². The molecule has 260 valence electrons. The summed E-state index contributed by atoms with van der Waals surface area (Å²) in [4.78, 5) is 24.8. The maximum atomic E-state index is 12.7. The summed E-state index contributed by atoms with van der Waals surface area (Å²) in [6.45, 7) is 8.58. The Bertz CT molecular complexity index is 1200. The highest BCUT2D eigenvalue weighted by molar-refractivity contribution is 7.85. The van der Waals surface area contributed by atoms with E-state index >= 15 is 0 Å². The number of amides is 2. The Morgan fingerprint density at radius 2 is 1.71 bits per heavy atom. The molecule has 0 saturated heterocycles. The lowest BCUT2D eigenvalue weighted by Crippen LogP contribution is -2.64. The van der Waals surface area contributed by atoms with E-state index in [0.29, 0.717) is 56.1 Å². The largest absolute Gasteiger partial charge is 0.393 e. The van der Waals surface area contributed by atoms with E-state index in [2.05, 4.69) is 26.1 Å². The Morgan fingerprint density at radius 1 is 1.04 bits per heavy atom. The standard InChI is InChI=1S/C33H59N3O8S/c1-21(8-11-28(39)35-14-6-15-36(4,5)16-7-17-45(42,43)44)23-9-10-24-29-25(19-27(38)32(23,24)3)31(2)12-13-33(41,30(34)40)20-22(31)18-26(29)37/h21-27,29,37-38,41H,6-20H2,1-5H3,(H3-,34,35,39,40,42,43,44)/p+1/t21-,22-,23-,24?,25?,26?,27+,29?,31+,32-,33-/m1/s1. The van der Waals surface area contributed by atoms with Gasteiger partial charge in [-0.15, -0.1) is 0 Å². The number of carbonyl (C=O) groups is 2. The van der Waals surface area contributed by atoms with Crippen LogP contribution in [0.5, 0.6) is 0 Å². The third kappa shape index (κ3) is 7.56. The number of hydrogen-bond acceptors (Lipinski definition) is 7. The van der Waals surface area contributed by atoms with Gasteiger partial charge >= 0.3 is 0 Å². The summed E-state index contributed by atoms with van der Waals surface area (Å²) in [6.07, 6.45) is 5.51. The normalized spacial score (nSPS) is 40.6. The molecule has 45 heavy (non-hydrogen) atoms. The van der Waals surface area contributed by atoms with Crippen LogP contribution in [0.15, 0.2) is 0 Å². The van der Waals surface area contributed by atoms with Gasteiger partial charge in [-0.1, -0.05) is 20.8 Å². The van der Waals surface area contributed by atoms with Crippen LogP contribution in [0, 0.1) is 46.3 Å². The summed E-state index contributed by atoms with van der Waals surface area (Å²) in [7, 11) is 0.0672. The van der Waals surface area contributed by atoms with Gasteiger partial charge in [-0.25, -0.2) is 0 Å². The smallest absolute Gasteiger partial charge is 0.265 e. The molecule has 4 aliphatic rings. The molecule has 11 atom stereocenters. The van der Waals surface area contributed by atoms with Crippen molar-refractivity contribution < 1.29 is 42.4 Å². The van der Waals surface area contributed by atoms with Crippen molar-refractivity contribution in [3.63, 3.8) is 0 Å². The van der Waals surface area contributed by atoms with Crippen molar-refractivity contribution in [3.05, 3.63) is 0 Å². The van der Waals surface area contributed by atoms with Gasteiger partial charge in [0.15, 0.2) is 0 Å². The minimum Gasteiger partial charge on any atom is -0.393 e. The number of nitrogens with zero attached hydrogens (tertiary/aromatic N) is 1. The van der Waals surface area contributed by atoms with Gasteiger partial charge in [0.2, 0.25) is 11.8 Å². The summed E-state index contributed by atoms with van der Waals surface area (Å²) in [6, 6.07) is 0. The van der Waals surface area contributed by atoms with Gasteiger partial charge in [0.05, 0.1) is 45.1 Å². The number of rotatable bonds is 13. The van der Waals surface area contributed by atoms with Crippen LogP contribution in [-0.4, -0.2) is 102 Å². The second kappa shape index (κ2) is 13.3. The van der Waals surface area contributed by atoms with E-state index in [0.717, 1.165) is 32.2 Å². The fourth-order valence-electron chi connectivity index (χ4n) is 10.5. The molecule has 0 bridgehead atoms. The van der Waals surface area contributed by atoms with Crippen LogP contribution in [0.4, 0.5) is 0 Å². The van der Waals surface area contributed by atoms with E-state index in [4.69, 9.17) is 10.3 Å². The fraction of sp³-hybridized carbons (Fsp3) is 0.939. The Labute approximate surface area is 270 Å². The van der Waals surface area contributed by atoms with Crippen LogP contribution < -0.4 is 11.1 Å². The van der Waals surface area contributed by atoms with E-state index < -0.39 is 33.8 Å².